The van der Waals surface area contributed by atoms with E-state index in [4.69, 9.17) is 4.74 Å². The molecule has 1 fully saturated rings. The summed E-state index contributed by atoms with van der Waals surface area (Å²) in [6, 6.07) is 8.60. The molecule has 1 amide bonds. The van der Waals surface area contributed by atoms with E-state index in [1.807, 2.05) is 17.5 Å². The molecular weight excluding hydrogens is 339 g/mol. The molecule has 134 valence electrons. The van der Waals surface area contributed by atoms with E-state index in [1.54, 1.807) is 6.07 Å². The number of nitrogens with zero attached hydrogens (tertiary/aromatic N) is 1. The second kappa shape index (κ2) is 7.97. The van der Waals surface area contributed by atoms with Crippen molar-refractivity contribution < 1.29 is 13.9 Å². The van der Waals surface area contributed by atoms with Crippen LogP contribution in [0.2, 0.25) is 0 Å². The molecule has 2 aromatic rings. The lowest BCUT2D eigenvalue weighted by Gasteiger charge is -2.32. The van der Waals surface area contributed by atoms with Crippen LogP contribution < -0.4 is 5.32 Å². The van der Waals surface area contributed by atoms with Crippen LogP contribution in [0.15, 0.2) is 35.7 Å². The Labute approximate surface area is 151 Å². The number of nitrogens with one attached hydrogen (secondary N) is 1. The average Bonchev–Trinajstić information content (AvgIpc) is 3.11. The Balaban J connectivity index is 1.67. The molecule has 1 aromatic heterocycles. The van der Waals surface area contributed by atoms with Crippen molar-refractivity contribution >= 4 is 23.1 Å². The number of amides is 1. The van der Waals surface area contributed by atoms with Crippen molar-refractivity contribution in [3.8, 4) is 10.4 Å². The first-order valence-corrected chi connectivity index (χ1v) is 9.38. The summed E-state index contributed by atoms with van der Waals surface area (Å²) >= 11 is 1.50. The van der Waals surface area contributed by atoms with Crippen molar-refractivity contribution in [1.82, 2.24) is 4.90 Å². The zero-order chi connectivity index (χ0) is 17.8. The average molecular weight is 362 g/mol. The summed E-state index contributed by atoms with van der Waals surface area (Å²) in [6.07, 6.45) is 3.37. The monoisotopic (exact) mass is 362 g/mol. The Morgan fingerprint density at radius 1 is 1.32 bits per heavy atom. The molecule has 1 N–H and O–H groups in total. The fraction of sp³-hybridized carbons (Fsp3) is 0.421. The number of halogens is 1. The molecule has 1 aliphatic carbocycles. The van der Waals surface area contributed by atoms with Gasteiger partial charge < -0.3 is 9.64 Å². The topological polar surface area (TPSA) is 41.6 Å². The van der Waals surface area contributed by atoms with Gasteiger partial charge in [-0.3, -0.25) is 5.32 Å². The highest BCUT2D eigenvalue weighted by Crippen LogP contribution is 2.32. The number of ether oxygens (including phenoxy) is 1. The molecule has 1 aliphatic rings. The highest BCUT2D eigenvalue weighted by molar-refractivity contribution is 7.13. The molecule has 1 saturated carbocycles. The van der Waals surface area contributed by atoms with Crippen LogP contribution in [0.3, 0.4) is 0 Å². The van der Waals surface area contributed by atoms with Crippen LogP contribution >= 0.6 is 11.3 Å². The number of rotatable bonds is 4. The summed E-state index contributed by atoms with van der Waals surface area (Å²) < 4.78 is 19.2. The molecule has 4 nitrogen and oxygen atoms in total. The maximum Gasteiger partial charge on any atom is 0.411 e. The van der Waals surface area contributed by atoms with E-state index >= 15 is 0 Å². The second-order valence-electron chi connectivity index (χ2n) is 6.60. The van der Waals surface area contributed by atoms with E-state index in [0.29, 0.717) is 17.3 Å². The van der Waals surface area contributed by atoms with E-state index in [0.717, 1.165) is 30.6 Å². The SMILES string of the molecule is CN(C)[C@H]1CCC[C@H](OC(=O)Nc2ccc(F)cc2-c2cccs2)C1. The number of hydrogen-bond acceptors (Lipinski definition) is 4. The Morgan fingerprint density at radius 3 is 2.88 bits per heavy atom. The van der Waals surface area contributed by atoms with E-state index in [9.17, 15) is 9.18 Å². The van der Waals surface area contributed by atoms with Crippen molar-refractivity contribution in [2.24, 2.45) is 0 Å². The molecule has 6 heteroatoms. The molecule has 0 radical (unpaired) electrons. The second-order valence-corrected chi connectivity index (χ2v) is 7.55. The third-order valence-corrected chi connectivity index (χ3v) is 5.51. The maximum atomic E-state index is 13.6. The van der Waals surface area contributed by atoms with Gasteiger partial charge in [0, 0.05) is 16.5 Å². The van der Waals surface area contributed by atoms with E-state index in [-0.39, 0.29) is 11.9 Å². The molecule has 0 saturated heterocycles. The van der Waals surface area contributed by atoms with Crippen LogP contribution in [-0.4, -0.2) is 37.2 Å². The van der Waals surface area contributed by atoms with Crippen LogP contribution in [0.5, 0.6) is 0 Å². The number of benzene rings is 1. The maximum absolute atomic E-state index is 13.6. The fourth-order valence-corrected chi connectivity index (χ4v) is 4.01. The van der Waals surface area contributed by atoms with E-state index in [1.165, 1.54) is 23.5 Å². The van der Waals surface area contributed by atoms with Gasteiger partial charge in [-0.15, -0.1) is 11.3 Å². The smallest absolute Gasteiger partial charge is 0.411 e. The van der Waals surface area contributed by atoms with Crippen LogP contribution in [0, 0.1) is 5.82 Å². The lowest BCUT2D eigenvalue weighted by atomic mass is 9.92. The van der Waals surface area contributed by atoms with Crippen LogP contribution in [-0.2, 0) is 4.74 Å². The van der Waals surface area contributed by atoms with Gasteiger partial charge in [0.15, 0.2) is 0 Å². The minimum atomic E-state index is -0.478. The summed E-state index contributed by atoms with van der Waals surface area (Å²) in [5, 5.41) is 4.71. The van der Waals surface area contributed by atoms with E-state index in [2.05, 4.69) is 24.3 Å². The highest BCUT2D eigenvalue weighted by atomic mass is 32.1. The van der Waals surface area contributed by atoms with Gasteiger partial charge in [0.1, 0.15) is 11.9 Å². The zero-order valence-electron chi connectivity index (χ0n) is 14.5. The standard InChI is InChI=1S/C19H23FN2O2S/c1-22(2)14-5-3-6-15(12-14)24-19(23)21-17-9-8-13(20)11-16(17)18-7-4-10-25-18/h4,7-11,14-15H,3,5-6,12H2,1-2H3,(H,21,23)/t14-,15-/m0/s1. The molecule has 0 spiro atoms. The molecule has 0 aliphatic heterocycles. The number of hydrogen-bond donors (Lipinski definition) is 1. The molecule has 2 atom stereocenters. The normalized spacial score (nSPS) is 20.5. The Kier molecular flexibility index (Phi) is 5.71. The van der Waals surface area contributed by atoms with Gasteiger partial charge in [-0.05, 0) is 69.4 Å². The van der Waals surface area contributed by atoms with Gasteiger partial charge in [0.25, 0.3) is 0 Å². The van der Waals surface area contributed by atoms with Crippen molar-refractivity contribution in [2.45, 2.75) is 37.8 Å². The molecular formula is C19H23FN2O2S. The summed E-state index contributed by atoms with van der Waals surface area (Å²) in [4.78, 5) is 15.4. The van der Waals surface area contributed by atoms with Crippen molar-refractivity contribution in [2.75, 3.05) is 19.4 Å². The predicted octanol–water partition coefficient (Wildman–Crippen LogP) is 4.98. The van der Waals surface area contributed by atoms with Crippen LogP contribution in [0.25, 0.3) is 10.4 Å². The Bertz CT molecular complexity index is 718. The summed E-state index contributed by atoms with van der Waals surface area (Å²) in [7, 11) is 4.11. The third kappa shape index (κ3) is 4.58. The number of anilines is 1. The molecule has 1 heterocycles. The summed E-state index contributed by atoms with van der Waals surface area (Å²) in [5.74, 6) is -0.330. The first-order valence-electron chi connectivity index (χ1n) is 8.50. The molecule has 0 bridgehead atoms. The van der Waals surface area contributed by atoms with Gasteiger partial charge in [-0.2, -0.15) is 0 Å². The number of carbonyl (C=O) groups is 1. The lowest BCUT2D eigenvalue weighted by molar-refractivity contribution is 0.0582. The highest BCUT2D eigenvalue weighted by Gasteiger charge is 2.26. The zero-order valence-corrected chi connectivity index (χ0v) is 15.3. The summed E-state index contributed by atoms with van der Waals surface area (Å²) in [5.41, 5.74) is 1.23. The van der Waals surface area contributed by atoms with Gasteiger partial charge >= 0.3 is 6.09 Å². The molecule has 3 rings (SSSR count). The Hall–Kier alpha value is -1.92. The number of thiophene rings is 1. The van der Waals surface area contributed by atoms with E-state index < -0.39 is 6.09 Å². The minimum absolute atomic E-state index is 0.0770. The van der Waals surface area contributed by atoms with Gasteiger partial charge in [0.05, 0.1) is 5.69 Å². The van der Waals surface area contributed by atoms with Gasteiger partial charge in [-0.1, -0.05) is 6.07 Å². The fourth-order valence-electron chi connectivity index (χ4n) is 3.25. The first-order chi connectivity index (χ1) is 12.0. The van der Waals surface area contributed by atoms with Gasteiger partial charge in [0.2, 0.25) is 0 Å². The predicted molar refractivity (Wildman–Crippen MR) is 99.5 cm³/mol. The van der Waals surface area contributed by atoms with Crippen LogP contribution in [0.4, 0.5) is 14.9 Å². The number of carbonyl (C=O) groups excluding carboxylic acids is 1. The van der Waals surface area contributed by atoms with Crippen molar-refractivity contribution in [3.05, 3.63) is 41.5 Å². The third-order valence-electron chi connectivity index (χ3n) is 4.61. The lowest BCUT2D eigenvalue weighted by Crippen LogP contribution is -2.37. The quantitative estimate of drug-likeness (QED) is 0.834. The van der Waals surface area contributed by atoms with Crippen molar-refractivity contribution in [1.29, 1.82) is 0 Å². The Morgan fingerprint density at radius 2 is 2.16 bits per heavy atom. The van der Waals surface area contributed by atoms with Gasteiger partial charge in [-0.25, -0.2) is 9.18 Å². The molecule has 1 aromatic carbocycles. The van der Waals surface area contributed by atoms with Crippen LogP contribution in [0.1, 0.15) is 25.7 Å². The largest absolute Gasteiger partial charge is 0.446 e. The molecule has 25 heavy (non-hydrogen) atoms. The first kappa shape index (κ1) is 17.9. The minimum Gasteiger partial charge on any atom is -0.446 e. The molecule has 0 unspecified atom stereocenters. The van der Waals surface area contributed by atoms with Crippen molar-refractivity contribution in [3.63, 3.8) is 0 Å². The summed E-state index contributed by atoms with van der Waals surface area (Å²) in [6.45, 7) is 0.